The molecule has 1 amide bonds. The SMILES string of the molecule is CCCC(N)CNC(=O)c1cccnc1OC. The monoisotopic (exact) mass is 237 g/mol. The summed E-state index contributed by atoms with van der Waals surface area (Å²) in [6, 6.07) is 3.36. The largest absolute Gasteiger partial charge is 0.480 e. The van der Waals surface area contributed by atoms with Crippen LogP contribution in [0.3, 0.4) is 0 Å². The smallest absolute Gasteiger partial charge is 0.256 e. The third kappa shape index (κ3) is 4.03. The predicted molar refractivity (Wildman–Crippen MR) is 66.0 cm³/mol. The fourth-order valence-corrected chi connectivity index (χ4v) is 1.52. The number of ether oxygens (including phenoxy) is 1. The summed E-state index contributed by atoms with van der Waals surface area (Å²) in [7, 11) is 1.49. The first kappa shape index (κ1) is 13.4. The molecule has 0 aromatic carbocycles. The van der Waals surface area contributed by atoms with E-state index in [1.54, 1.807) is 18.3 Å². The van der Waals surface area contributed by atoms with Gasteiger partial charge in [-0.2, -0.15) is 0 Å². The number of nitrogens with zero attached hydrogens (tertiary/aromatic N) is 1. The average Bonchev–Trinajstić information content (AvgIpc) is 2.36. The summed E-state index contributed by atoms with van der Waals surface area (Å²) in [6.07, 6.45) is 3.48. The van der Waals surface area contributed by atoms with Gasteiger partial charge in [0.15, 0.2) is 0 Å². The van der Waals surface area contributed by atoms with Gasteiger partial charge in [-0.1, -0.05) is 13.3 Å². The van der Waals surface area contributed by atoms with E-state index in [1.807, 2.05) is 0 Å². The molecule has 0 saturated heterocycles. The van der Waals surface area contributed by atoms with Crippen LogP contribution in [-0.4, -0.2) is 30.6 Å². The molecule has 0 fully saturated rings. The molecule has 0 bridgehead atoms. The number of nitrogens with one attached hydrogen (secondary N) is 1. The Labute approximate surface area is 101 Å². The molecule has 0 aliphatic heterocycles. The number of hydrogen-bond donors (Lipinski definition) is 2. The van der Waals surface area contributed by atoms with Crippen molar-refractivity contribution in [2.24, 2.45) is 5.73 Å². The zero-order valence-corrected chi connectivity index (χ0v) is 10.3. The highest BCUT2D eigenvalue weighted by molar-refractivity contribution is 5.96. The number of methoxy groups -OCH3 is 1. The maximum absolute atomic E-state index is 11.8. The summed E-state index contributed by atoms with van der Waals surface area (Å²) < 4.78 is 5.02. The molecule has 3 N–H and O–H groups in total. The van der Waals surface area contributed by atoms with Crippen LogP contribution in [0.5, 0.6) is 5.88 Å². The topological polar surface area (TPSA) is 77.2 Å². The molecule has 1 atom stereocenters. The van der Waals surface area contributed by atoms with Crippen molar-refractivity contribution in [3.05, 3.63) is 23.9 Å². The maximum Gasteiger partial charge on any atom is 0.256 e. The van der Waals surface area contributed by atoms with Gasteiger partial charge in [-0.15, -0.1) is 0 Å². The second-order valence-corrected chi connectivity index (χ2v) is 3.82. The molecule has 1 aromatic rings. The Morgan fingerprint density at radius 1 is 1.65 bits per heavy atom. The minimum atomic E-state index is -0.207. The third-order valence-corrected chi connectivity index (χ3v) is 2.39. The lowest BCUT2D eigenvalue weighted by Gasteiger charge is -2.12. The number of nitrogens with two attached hydrogens (primary N) is 1. The lowest BCUT2D eigenvalue weighted by Crippen LogP contribution is -2.37. The molecule has 5 nitrogen and oxygen atoms in total. The molecule has 1 heterocycles. The van der Waals surface area contributed by atoms with Gasteiger partial charge in [0, 0.05) is 18.8 Å². The molecular weight excluding hydrogens is 218 g/mol. The van der Waals surface area contributed by atoms with Crippen molar-refractivity contribution in [3.63, 3.8) is 0 Å². The van der Waals surface area contributed by atoms with E-state index in [0.717, 1.165) is 12.8 Å². The van der Waals surface area contributed by atoms with Crippen LogP contribution in [0.1, 0.15) is 30.1 Å². The number of pyridine rings is 1. The van der Waals surface area contributed by atoms with E-state index < -0.39 is 0 Å². The lowest BCUT2D eigenvalue weighted by atomic mass is 10.2. The van der Waals surface area contributed by atoms with Gasteiger partial charge in [-0.25, -0.2) is 4.98 Å². The van der Waals surface area contributed by atoms with Crippen LogP contribution < -0.4 is 15.8 Å². The average molecular weight is 237 g/mol. The zero-order chi connectivity index (χ0) is 12.7. The molecule has 5 heteroatoms. The van der Waals surface area contributed by atoms with Crippen LogP contribution in [0.2, 0.25) is 0 Å². The van der Waals surface area contributed by atoms with E-state index in [2.05, 4.69) is 17.2 Å². The molecule has 1 rings (SSSR count). The molecule has 1 aromatic heterocycles. The zero-order valence-electron chi connectivity index (χ0n) is 10.3. The first-order valence-electron chi connectivity index (χ1n) is 5.71. The van der Waals surface area contributed by atoms with Crippen molar-refractivity contribution in [2.45, 2.75) is 25.8 Å². The summed E-state index contributed by atoms with van der Waals surface area (Å²) >= 11 is 0. The first-order valence-corrected chi connectivity index (χ1v) is 5.71. The Kier molecular flexibility index (Phi) is 5.42. The molecular formula is C12H19N3O2. The van der Waals surface area contributed by atoms with Gasteiger partial charge in [0.2, 0.25) is 5.88 Å². The summed E-state index contributed by atoms with van der Waals surface area (Å²) in [5.41, 5.74) is 6.25. The van der Waals surface area contributed by atoms with E-state index in [9.17, 15) is 4.79 Å². The summed E-state index contributed by atoms with van der Waals surface area (Å²) in [5.74, 6) is 0.121. The van der Waals surface area contributed by atoms with Crippen LogP contribution in [-0.2, 0) is 0 Å². The molecule has 94 valence electrons. The fraction of sp³-hybridized carbons (Fsp3) is 0.500. The number of amides is 1. The van der Waals surface area contributed by atoms with Crippen molar-refractivity contribution < 1.29 is 9.53 Å². The van der Waals surface area contributed by atoms with E-state index in [-0.39, 0.29) is 11.9 Å². The molecule has 1 unspecified atom stereocenters. The number of rotatable bonds is 6. The molecule has 0 spiro atoms. The first-order chi connectivity index (χ1) is 8.19. The quantitative estimate of drug-likeness (QED) is 0.772. The van der Waals surface area contributed by atoms with E-state index in [0.29, 0.717) is 18.0 Å². The molecule has 0 saturated carbocycles. The number of hydrogen-bond acceptors (Lipinski definition) is 4. The van der Waals surface area contributed by atoms with E-state index in [4.69, 9.17) is 10.5 Å². The van der Waals surface area contributed by atoms with Crippen molar-refractivity contribution in [1.29, 1.82) is 0 Å². The normalized spacial score (nSPS) is 11.9. The van der Waals surface area contributed by atoms with Crippen molar-refractivity contribution >= 4 is 5.91 Å². The molecule has 0 aliphatic carbocycles. The summed E-state index contributed by atoms with van der Waals surface area (Å²) in [6.45, 7) is 2.52. The molecule has 0 aliphatic rings. The summed E-state index contributed by atoms with van der Waals surface area (Å²) in [5, 5.41) is 2.77. The minimum Gasteiger partial charge on any atom is -0.480 e. The van der Waals surface area contributed by atoms with Gasteiger partial charge in [0.25, 0.3) is 5.91 Å². The summed E-state index contributed by atoms with van der Waals surface area (Å²) in [4.78, 5) is 15.8. The van der Waals surface area contributed by atoms with Crippen LogP contribution in [0.15, 0.2) is 18.3 Å². The fourth-order valence-electron chi connectivity index (χ4n) is 1.52. The van der Waals surface area contributed by atoms with E-state index in [1.165, 1.54) is 7.11 Å². The standard InChI is InChI=1S/C12H19N3O2/c1-3-5-9(13)8-15-11(16)10-6-4-7-14-12(10)17-2/h4,6-7,9H,3,5,8,13H2,1-2H3,(H,15,16). The number of aromatic nitrogens is 1. The lowest BCUT2D eigenvalue weighted by molar-refractivity contribution is 0.0947. The van der Waals surface area contributed by atoms with Gasteiger partial charge in [0.1, 0.15) is 5.56 Å². The Balaban J connectivity index is 2.58. The Morgan fingerprint density at radius 2 is 2.41 bits per heavy atom. The van der Waals surface area contributed by atoms with Crippen molar-refractivity contribution in [1.82, 2.24) is 10.3 Å². The van der Waals surface area contributed by atoms with Crippen LogP contribution in [0, 0.1) is 0 Å². The van der Waals surface area contributed by atoms with Gasteiger partial charge in [-0.05, 0) is 18.6 Å². The van der Waals surface area contributed by atoms with Crippen LogP contribution in [0.4, 0.5) is 0 Å². The highest BCUT2D eigenvalue weighted by atomic mass is 16.5. The van der Waals surface area contributed by atoms with Gasteiger partial charge >= 0.3 is 0 Å². The van der Waals surface area contributed by atoms with Gasteiger partial charge in [-0.3, -0.25) is 4.79 Å². The Bertz CT molecular complexity index is 369. The third-order valence-electron chi connectivity index (χ3n) is 2.39. The van der Waals surface area contributed by atoms with Gasteiger partial charge in [0.05, 0.1) is 7.11 Å². The Hall–Kier alpha value is -1.62. The second kappa shape index (κ2) is 6.85. The molecule has 17 heavy (non-hydrogen) atoms. The highest BCUT2D eigenvalue weighted by Gasteiger charge is 2.13. The Morgan fingerprint density at radius 3 is 3.06 bits per heavy atom. The molecule has 0 radical (unpaired) electrons. The van der Waals surface area contributed by atoms with Crippen molar-refractivity contribution in [2.75, 3.05) is 13.7 Å². The minimum absolute atomic E-state index is 0.00776. The van der Waals surface area contributed by atoms with E-state index >= 15 is 0 Å². The maximum atomic E-state index is 11.8. The van der Waals surface area contributed by atoms with Crippen LogP contribution in [0.25, 0.3) is 0 Å². The van der Waals surface area contributed by atoms with Crippen LogP contribution >= 0.6 is 0 Å². The highest BCUT2D eigenvalue weighted by Crippen LogP contribution is 2.12. The second-order valence-electron chi connectivity index (χ2n) is 3.82. The number of carbonyl (C=O) groups excluding carboxylic acids is 1. The number of carbonyl (C=O) groups is 1. The van der Waals surface area contributed by atoms with Gasteiger partial charge < -0.3 is 15.8 Å². The van der Waals surface area contributed by atoms with Crippen molar-refractivity contribution in [3.8, 4) is 5.88 Å². The predicted octanol–water partition coefficient (Wildman–Crippen LogP) is 0.947.